The molecule has 0 spiro atoms. The number of fused-ring (bicyclic) bond motifs is 1. The van der Waals surface area contributed by atoms with Gasteiger partial charge in [-0.05, 0) is 26.2 Å². The molecule has 0 atom stereocenters. The molecule has 92 valence electrons. The number of aryl methyl sites for hydroxylation is 1. The average Bonchev–Trinajstić information content (AvgIpc) is 2.34. The molecule has 5 nitrogen and oxygen atoms in total. The molecule has 1 aromatic heterocycles. The molecule has 0 bridgehead atoms. The highest BCUT2D eigenvalue weighted by Gasteiger charge is 2.21. The van der Waals surface area contributed by atoms with Crippen LogP contribution in [0, 0.1) is 6.92 Å². The summed E-state index contributed by atoms with van der Waals surface area (Å²) in [5.41, 5.74) is 2.08. The summed E-state index contributed by atoms with van der Waals surface area (Å²) in [6.45, 7) is 4.55. The van der Waals surface area contributed by atoms with Gasteiger partial charge >= 0.3 is 0 Å². The van der Waals surface area contributed by atoms with Gasteiger partial charge in [-0.2, -0.15) is 0 Å². The highest BCUT2D eigenvalue weighted by Crippen LogP contribution is 2.14. The summed E-state index contributed by atoms with van der Waals surface area (Å²) in [5, 5.41) is 12.2. The van der Waals surface area contributed by atoms with Crippen molar-refractivity contribution in [1.29, 1.82) is 0 Å². The van der Waals surface area contributed by atoms with Gasteiger partial charge in [0.2, 0.25) is 0 Å². The van der Waals surface area contributed by atoms with E-state index < -0.39 is 0 Å². The molecule has 0 aliphatic carbocycles. The average molecular weight is 235 g/mol. The minimum absolute atomic E-state index is 0.0233. The van der Waals surface area contributed by atoms with Gasteiger partial charge in [0, 0.05) is 17.8 Å². The van der Waals surface area contributed by atoms with Crippen LogP contribution in [0.5, 0.6) is 0 Å². The van der Waals surface area contributed by atoms with Gasteiger partial charge in [-0.3, -0.25) is 9.36 Å². The normalized spacial score (nSPS) is 17.2. The summed E-state index contributed by atoms with van der Waals surface area (Å²) in [7, 11) is 0. The number of hydrogen-bond donors (Lipinski definition) is 1. The Kier molecular flexibility index (Phi) is 3.26. The molecule has 1 aliphatic heterocycles. The monoisotopic (exact) mass is 235 g/mol. The van der Waals surface area contributed by atoms with Crippen LogP contribution in [0.3, 0.4) is 0 Å². The highest BCUT2D eigenvalue weighted by atomic mass is 16.4. The minimum Gasteiger partial charge on any atom is -0.411 e. The topological polar surface area (TPSA) is 67.5 Å². The summed E-state index contributed by atoms with van der Waals surface area (Å²) in [4.78, 5) is 16.7. The van der Waals surface area contributed by atoms with Crippen molar-refractivity contribution in [2.45, 2.75) is 46.1 Å². The van der Waals surface area contributed by atoms with Crippen molar-refractivity contribution in [2.24, 2.45) is 5.16 Å². The Morgan fingerprint density at radius 2 is 2.29 bits per heavy atom. The maximum absolute atomic E-state index is 12.3. The van der Waals surface area contributed by atoms with Crippen molar-refractivity contribution in [1.82, 2.24) is 9.55 Å². The Balaban J connectivity index is 2.63. The summed E-state index contributed by atoms with van der Waals surface area (Å²) in [5.74, 6) is 0.529. The van der Waals surface area contributed by atoms with E-state index >= 15 is 0 Å². The van der Waals surface area contributed by atoms with Gasteiger partial charge in [-0.15, -0.1) is 0 Å². The molecule has 0 radical (unpaired) electrons. The van der Waals surface area contributed by atoms with Gasteiger partial charge < -0.3 is 5.21 Å². The van der Waals surface area contributed by atoms with E-state index in [0.29, 0.717) is 24.5 Å². The van der Waals surface area contributed by atoms with Crippen LogP contribution in [0.4, 0.5) is 0 Å². The van der Waals surface area contributed by atoms with E-state index in [1.54, 1.807) is 4.57 Å². The zero-order chi connectivity index (χ0) is 12.4. The predicted molar refractivity (Wildman–Crippen MR) is 64.8 cm³/mol. The van der Waals surface area contributed by atoms with Gasteiger partial charge in [0.25, 0.3) is 5.56 Å². The molecule has 2 heterocycles. The van der Waals surface area contributed by atoms with Crippen LogP contribution in [0.1, 0.15) is 43.3 Å². The molecule has 2 rings (SSSR count). The third kappa shape index (κ3) is 1.97. The van der Waals surface area contributed by atoms with E-state index in [2.05, 4.69) is 10.1 Å². The van der Waals surface area contributed by atoms with Gasteiger partial charge in [0.05, 0.1) is 0 Å². The van der Waals surface area contributed by atoms with Crippen molar-refractivity contribution in [3.8, 4) is 0 Å². The van der Waals surface area contributed by atoms with Crippen molar-refractivity contribution in [2.75, 3.05) is 0 Å². The van der Waals surface area contributed by atoms with Crippen LogP contribution in [0.2, 0.25) is 0 Å². The number of rotatable bonds is 2. The Labute approximate surface area is 99.8 Å². The number of hydrogen-bond acceptors (Lipinski definition) is 4. The Morgan fingerprint density at radius 3 is 2.94 bits per heavy atom. The van der Waals surface area contributed by atoms with Crippen LogP contribution in [-0.2, 0) is 13.0 Å². The van der Waals surface area contributed by atoms with Crippen molar-refractivity contribution < 1.29 is 5.21 Å². The van der Waals surface area contributed by atoms with Crippen molar-refractivity contribution >= 4 is 5.71 Å². The van der Waals surface area contributed by atoms with E-state index in [1.807, 2.05) is 13.8 Å². The lowest BCUT2D eigenvalue weighted by Gasteiger charge is -2.20. The van der Waals surface area contributed by atoms with Gasteiger partial charge in [0.1, 0.15) is 5.71 Å². The lowest BCUT2D eigenvalue weighted by Crippen LogP contribution is -2.34. The zero-order valence-electron chi connectivity index (χ0n) is 10.2. The lowest BCUT2D eigenvalue weighted by molar-refractivity contribution is 0.315. The molecular formula is C12H17N3O2. The van der Waals surface area contributed by atoms with Gasteiger partial charge in [-0.1, -0.05) is 18.5 Å². The van der Waals surface area contributed by atoms with Crippen LogP contribution < -0.4 is 5.56 Å². The molecule has 5 heteroatoms. The fourth-order valence-electron chi connectivity index (χ4n) is 2.28. The molecular weight excluding hydrogens is 218 g/mol. The molecule has 1 N–H and O–H groups in total. The third-order valence-electron chi connectivity index (χ3n) is 3.14. The summed E-state index contributed by atoms with van der Waals surface area (Å²) < 4.78 is 1.64. The van der Waals surface area contributed by atoms with Crippen molar-refractivity contribution in [3.63, 3.8) is 0 Å². The number of oxime groups is 1. The smallest absolute Gasteiger partial charge is 0.257 e. The number of aromatic nitrogens is 2. The molecule has 0 fully saturated rings. The van der Waals surface area contributed by atoms with E-state index in [1.165, 1.54) is 0 Å². The summed E-state index contributed by atoms with van der Waals surface area (Å²) >= 11 is 0. The number of nitrogens with zero attached hydrogens (tertiary/aromatic N) is 3. The Bertz CT molecular complexity index is 517. The highest BCUT2D eigenvalue weighted by molar-refractivity contribution is 5.97. The second-order valence-corrected chi connectivity index (χ2v) is 4.36. The molecule has 0 amide bonds. The SMILES string of the molecule is CCCc1c(C)nc2n(c1=O)CCC/C2=N/O. The summed E-state index contributed by atoms with van der Waals surface area (Å²) in [6.07, 6.45) is 3.18. The quantitative estimate of drug-likeness (QED) is 0.623. The fraction of sp³-hybridized carbons (Fsp3) is 0.583. The second kappa shape index (κ2) is 4.69. The van der Waals surface area contributed by atoms with E-state index in [0.717, 1.165) is 30.5 Å². The molecule has 17 heavy (non-hydrogen) atoms. The van der Waals surface area contributed by atoms with Crippen molar-refractivity contribution in [3.05, 3.63) is 27.4 Å². The molecule has 0 unspecified atom stereocenters. The first-order valence-corrected chi connectivity index (χ1v) is 6.00. The van der Waals surface area contributed by atoms with Crippen LogP contribution in [0.25, 0.3) is 0 Å². The van der Waals surface area contributed by atoms with Crippen LogP contribution >= 0.6 is 0 Å². The fourth-order valence-corrected chi connectivity index (χ4v) is 2.28. The molecule has 0 aromatic carbocycles. The Hall–Kier alpha value is -1.65. The largest absolute Gasteiger partial charge is 0.411 e. The van der Waals surface area contributed by atoms with E-state index in [9.17, 15) is 4.79 Å². The first-order chi connectivity index (χ1) is 8.19. The molecule has 0 saturated heterocycles. The van der Waals surface area contributed by atoms with E-state index in [-0.39, 0.29) is 5.56 Å². The lowest BCUT2D eigenvalue weighted by atomic mass is 10.1. The van der Waals surface area contributed by atoms with Gasteiger partial charge in [0.15, 0.2) is 5.82 Å². The second-order valence-electron chi connectivity index (χ2n) is 4.36. The Morgan fingerprint density at radius 1 is 1.53 bits per heavy atom. The van der Waals surface area contributed by atoms with Gasteiger partial charge in [-0.25, -0.2) is 4.98 Å². The first kappa shape index (κ1) is 11.8. The standard InChI is InChI=1S/C12H17N3O2/c1-3-5-9-8(2)13-11-10(14-17)6-4-7-15(11)12(9)16/h17H,3-7H2,1-2H3/b14-10-. The van der Waals surface area contributed by atoms with Crippen LogP contribution in [-0.4, -0.2) is 20.5 Å². The maximum atomic E-state index is 12.3. The van der Waals surface area contributed by atoms with Crippen LogP contribution in [0.15, 0.2) is 9.95 Å². The molecule has 0 saturated carbocycles. The van der Waals surface area contributed by atoms with E-state index in [4.69, 9.17) is 5.21 Å². The zero-order valence-corrected chi connectivity index (χ0v) is 10.2. The first-order valence-electron chi connectivity index (χ1n) is 6.00. The molecule has 1 aromatic rings. The minimum atomic E-state index is 0.0233. The third-order valence-corrected chi connectivity index (χ3v) is 3.14. The predicted octanol–water partition coefficient (Wildman–Crippen LogP) is 1.48. The molecule has 1 aliphatic rings. The maximum Gasteiger partial charge on any atom is 0.257 e. The summed E-state index contributed by atoms with van der Waals surface area (Å²) in [6, 6.07) is 0.